The van der Waals surface area contributed by atoms with Crippen molar-refractivity contribution in [1.29, 1.82) is 0 Å². The smallest absolute Gasteiger partial charge is 0.303 e. The third-order valence-electron chi connectivity index (χ3n) is 3.20. The van der Waals surface area contributed by atoms with Crippen molar-refractivity contribution in [3.8, 4) is 10.6 Å². The summed E-state index contributed by atoms with van der Waals surface area (Å²) in [6, 6.07) is 3.85. The van der Waals surface area contributed by atoms with Crippen LogP contribution in [0.2, 0.25) is 0 Å². The summed E-state index contributed by atoms with van der Waals surface area (Å²) in [4.78, 5) is 30.6. The van der Waals surface area contributed by atoms with Crippen molar-refractivity contribution in [3.63, 3.8) is 0 Å². The van der Waals surface area contributed by atoms with Crippen LogP contribution in [0.3, 0.4) is 0 Å². The lowest BCUT2D eigenvalue weighted by atomic mass is 10.1. The molecule has 0 atom stereocenters. The number of hydrogen-bond acceptors (Lipinski definition) is 5. The molecule has 0 aliphatic carbocycles. The van der Waals surface area contributed by atoms with Crippen molar-refractivity contribution in [2.24, 2.45) is 0 Å². The maximum Gasteiger partial charge on any atom is 0.303 e. The normalized spacial score (nSPS) is 10.5. The van der Waals surface area contributed by atoms with Gasteiger partial charge in [-0.15, -0.1) is 11.3 Å². The zero-order valence-electron chi connectivity index (χ0n) is 12.2. The maximum atomic E-state index is 11.6. The number of aliphatic carboxylic acids is 1. The van der Waals surface area contributed by atoms with E-state index >= 15 is 0 Å². The Labute approximate surface area is 133 Å². The monoisotopic (exact) mass is 318 g/mol. The first-order chi connectivity index (χ1) is 10.6. The van der Waals surface area contributed by atoms with Gasteiger partial charge in [0, 0.05) is 42.6 Å². The number of ketones is 1. The molecule has 0 bridgehead atoms. The number of rotatable bonds is 9. The molecule has 0 aliphatic rings. The quantitative estimate of drug-likeness (QED) is 0.767. The summed E-state index contributed by atoms with van der Waals surface area (Å²) in [5.74, 6) is -0.720. The van der Waals surface area contributed by atoms with E-state index in [2.05, 4.69) is 9.97 Å². The Morgan fingerprint density at radius 2 is 2.00 bits per heavy atom. The highest BCUT2D eigenvalue weighted by Crippen LogP contribution is 2.23. The molecule has 22 heavy (non-hydrogen) atoms. The Morgan fingerprint density at radius 3 is 2.73 bits per heavy atom. The number of hydrogen-bond donors (Lipinski definition) is 1. The third-order valence-corrected chi connectivity index (χ3v) is 4.14. The van der Waals surface area contributed by atoms with E-state index in [9.17, 15) is 9.59 Å². The molecular formula is C16H18N2O3S. The molecule has 0 aromatic carbocycles. The minimum Gasteiger partial charge on any atom is -0.481 e. The lowest BCUT2D eigenvalue weighted by Crippen LogP contribution is -2.01. The molecule has 2 rings (SSSR count). The van der Waals surface area contributed by atoms with E-state index in [-0.39, 0.29) is 12.2 Å². The molecule has 2 aromatic rings. The average Bonchev–Trinajstić information content (AvgIpc) is 2.97. The van der Waals surface area contributed by atoms with Gasteiger partial charge in [-0.2, -0.15) is 0 Å². The Hall–Kier alpha value is -2.08. The minimum atomic E-state index is -0.849. The highest BCUT2D eigenvalue weighted by Gasteiger charge is 2.07. The minimum absolute atomic E-state index is 0.0618. The first-order valence-electron chi connectivity index (χ1n) is 7.23. The number of aromatic nitrogens is 2. The third kappa shape index (κ3) is 5.37. The van der Waals surface area contributed by atoms with Crippen molar-refractivity contribution in [2.75, 3.05) is 0 Å². The van der Waals surface area contributed by atoms with E-state index in [0.29, 0.717) is 19.3 Å². The van der Waals surface area contributed by atoms with Crippen LogP contribution in [-0.2, 0) is 16.0 Å². The molecular weight excluding hydrogens is 300 g/mol. The number of nitrogens with zero attached hydrogens (tertiary/aromatic N) is 2. The molecule has 0 spiro atoms. The topological polar surface area (TPSA) is 80.1 Å². The van der Waals surface area contributed by atoms with Crippen LogP contribution in [0.4, 0.5) is 0 Å². The number of carbonyl (C=O) groups is 2. The zero-order valence-corrected chi connectivity index (χ0v) is 13.0. The van der Waals surface area contributed by atoms with Crippen LogP contribution < -0.4 is 0 Å². The SMILES string of the molecule is O=C(O)CCCC(=O)CCCc1csc(-c2cccnc2)n1. The van der Waals surface area contributed by atoms with Crippen molar-refractivity contribution >= 4 is 23.1 Å². The van der Waals surface area contributed by atoms with Gasteiger partial charge in [0.15, 0.2) is 0 Å². The number of carboxylic acid groups (broad SMARTS) is 1. The summed E-state index contributed by atoms with van der Waals surface area (Å²) in [5.41, 5.74) is 1.99. The second kappa shape index (κ2) is 8.38. The van der Waals surface area contributed by atoms with Crippen LogP contribution in [0.15, 0.2) is 29.9 Å². The second-order valence-electron chi connectivity index (χ2n) is 5.03. The molecule has 2 heterocycles. The number of thiazole rings is 1. The first kappa shape index (κ1) is 16.3. The molecule has 2 aromatic heterocycles. The molecule has 0 fully saturated rings. The molecule has 0 saturated heterocycles. The Balaban J connectivity index is 1.73. The molecule has 6 heteroatoms. The zero-order chi connectivity index (χ0) is 15.8. The van der Waals surface area contributed by atoms with Gasteiger partial charge in [-0.25, -0.2) is 4.98 Å². The Bertz CT molecular complexity index is 625. The van der Waals surface area contributed by atoms with Crippen LogP contribution >= 0.6 is 11.3 Å². The molecule has 1 N–H and O–H groups in total. The van der Waals surface area contributed by atoms with Gasteiger partial charge in [-0.1, -0.05) is 0 Å². The van der Waals surface area contributed by atoms with E-state index < -0.39 is 5.97 Å². The summed E-state index contributed by atoms with van der Waals surface area (Å²) in [7, 11) is 0. The summed E-state index contributed by atoms with van der Waals surface area (Å²) < 4.78 is 0. The van der Waals surface area contributed by atoms with Crippen molar-refractivity contribution < 1.29 is 14.7 Å². The van der Waals surface area contributed by atoms with Crippen molar-refractivity contribution in [3.05, 3.63) is 35.6 Å². The average molecular weight is 318 g/mol. The maximum absolute atomic E-state index is 11.6. The molecule has 116 valence electrons. The summed E-state index contributed by atoms with van der Waals surface area (Å²) in [6.07, 6.45) is 6.36. The van der Waals surface area contributed by atoms with Crippen LogP contribution in [0.1, 0.15) is 37.8 Å². The van der Waals surface area contributed by atoms with Gasteiger partial charge in [-0.3, -0.25) is 14.6 Å². The summed E-state index contributed by atoms with van der Waals surface area (Å²) >= 11 is 1.58. The number of aryl methyl sites for hydroxylation is 1. The fourth-order valence-corrected chi connectivity index (χ4v) is 2.92. The van der Waals surface area contributed by atoms with Crippen LogP contribution in [0.25, 0.3) is 10.6 Å². The van der Waals surface area contributed by atoms with Gasteiger partial charge in [-0.05, 0) is 31.4 Å². The van der Waals surface area contributed by atoms with Gasteiger partial charge in [0.1, 0.15) is 10.8 Å². The number of pyridine rings is 1. The van der Waals surface area contributed by atoms with Crippen LogP contribution in [0, 0.1) is 0 Å². The van der Waals surface area contributed by atoms with E-state index in [4.69, 9.17) is 5.11 Å². The predicted molar refractivity (Wildman–Crippen MR) is 84.8 cm³/mol. The fourth-order valence-electron chi connectivity index (χ4n) is 2.07. The van der Waals surface area contributed by atoms with Crippen LogP contribution in [-0.4, -0.2) is 26.8 Å². The lowest BCUT2D eigenvalue weighted by Gasteiger charge is -1.99. The largest absolute Gasteiger partial charge is 0.481 e. The summed E-state index contributed by atoms with van der Waals surface area (Å²) in [5, 5.41) is 11.5. The Morgan fingerprint density at radius 1 is 1.18 bits per heavy atom. The first-order valence-corrected chi connectivity index (χ1v) is 8.11. The molecule has 0 radical (unpaired) electrons. The van der Waals surface area contributed by atoms with Gasteiger partial charge in [0.25, 0.3) is 0 Å². The number of Topliss-reactive ketones (excluding diaryl/α,β-unsaturated/α-hetero) is 1. The molecule has 0 saturated carbocycles. The molecule has 0 unspecified atom stereocenters. The Kier molecular flexibility index (Phi) is 6.21. The predicted octanol–water partition coefficient (Wildman–Crippen LogP) is 3.35. The lowest BCUT2D eigenvalue weighted by molar-refractivity contribution is -0.137. The highest BCUT2D eigenvalue weighted by atomic mass is 32.1. The number of carboxylic acids is 1. The van der Waals surface area contributed by atoms with Crippen molar-refractivity contribution in [2.45, 2.75) is 38.5 Å². The summed E-state index contributed by atoms with van der Waals surface area (Å²) in [6.45, 7) is 0. The van der Waals surface area contributed by atoms with Crippen molar-refractivity contribution in [1.82, 2.24) is 9.97 Å². The van der Waals surface area contributed by atoms with Gasteiger partial charge >= 0.3 is 5.97 Å². The van der Waals surface area contributed by atoms with Gasteiger partial charge in [0.2, 0.25) is 0 Å². The number of carbonyl (C=O) groups excluding carboxylic acids is 1. The molecule has 0 amide bonds. The molecule has 5 nitrogen and oxygen atoms in total. The van der Waals surface area contributed by atoms with E-state index in [1.807, 2.05) is 17.5 Å². The van der Waals surface area contributed by atoms with Gasteiger partial charge < -0.3 is 5.11 Å². The highest BCUT2D eigenvalue weighted by molar-refractivity contribution is 7.13. The fraction of sp³-hybridized carbons (Fsp3) is 0.375. The van der Waals surface area contributed by atoms with E-state index in [1.54, 1.807) is 23.7 Å². The van der Waals surface area contributed by atoms with E-state index in [1.165, 1.54) is 0 Å². The van der Waals surface area contributed by atoms with E-state index in [0.717, 1.165) is 29.1 Å². The molecule has 0 aliphatic heterocycles. The van der Waals surface area contributed by atoms with Crippen LogP contribution in [0.5, 0.6) is 0 Å². The second-order valence-corrected chi connectivity index (χ2v) is 5.88. The van der Waals surface area contributed by atoms with Gasteiger partial charge in [0.05, 0.1) is 5.69 Å². The standard InChI is InChI=1S/C16H18N2O3S/c19-14(7-2-8-15(20)21)6-1-5-13-11-22-16(18-13)12-4-3-9-17-10-12/h3-4,9-11H,1-2,5-8H2,(H,20,21).